The van der Waals surface area contributed by atoms with E-state index in [9.17, 15) is 9.59 Å². The lowest BCUT2D eigenvalue weighted by molar-refractivity contribution is -0.152. The van der Waals surface area contributed by atoms with Crippen LogP contribution in [0, 0.1) is 0 Å². The first-order valence-electron chi connectivity index (χ1n) is 7.57. The number of para-hydroxylation sites is 1. The van der Waals surface area contributed by atoms with Crippen molar-refractivity contribution in [1.29, 1.82) is 0 Å². The third kappa shape index (κ3) is 6.72. The van der Waals surface area contributed by atoms with Crippen LogP contribution < -0.4 is 4.74 Å². The van der Waals surface area contributed by atoms with Crippen molar-refractivity contribution in [2.45, 2.75) is 39.5 Å². The zero-order valence-corrected chi connectivity index (χ0v) is 13.5. The highest BCUT2D eigenvalue weighted by atomic mass is 16.6. The maximum Gasteiger partial charge on any atom is 0.337 e. The van der Waals surface area contributed by atoms with Gasteiger partial charge in [0.25, 0.3) is 0 Å². The van der Waals surface area contributed by atoms with E-state index in [4.69, 9.17) is 14.2 Å². The Morgan fingerprint density at radius 1 is 1.09 bits per heavy atom. The maximum atomic E-state index is 11.7. The molecule has 0 saturated heterocycles. The van der Waals surface area contributed by atoms with Gasteiger partial charge >= 0.3 is 11.9 Å². The molecule has 22 heavy (non-hydrogen) atoms. The van der Waals surface area contributed by atoms with Gasteiger partial charge in [0, 0.05) is 0 Å². The smallest absolute Gasteiger partial charge is 0.337 e. The summed E-state index contributed by atoms with van der Waals surface area (Å²) < 4.78 is 15.2. The molecular weight excluding hydrogens is 284 g/mol. The van der Waals surface area contributed by atoms with Crippen LogP contribution in [0.3, 0.4) is 0 Å². The number of benzene rings is 1. The van der Waals surface area contributed by atoms with E-state index in [1.165, 1.54) is 0 Å². The predicted octanol–water partition coefficient (Wildman–Crippen LogP) is 3.08. The van der Waals surface area contributed by atoms with E-state index in [1.54, 1.807) is 12.1 Å². The number of ether oxygens (including phenoxy) is 3. The van der Waals surface area contributed by atoms with E-state index in [1.807, 2.05) is 32.9 Å². The van der Waals surface area contributed by atoms with Crippen molar-refractivity contribution in [1.82, 2.24) is 0 Å². The Morgan fingerprint density at radius 3 is 2.45 bits per heavy atom. The van der Waals surface area contributed by atoms with Crippen LogP contribution in [0.4, 0.5) is 0 Å². The topological polar surface area (TPSA) is 61.8 Å². The highest BCUT2D eigenvalue weighted by Crippen LogP contribution is 2.25. The Hall–Kier alpha value is -1.88. The Bertz CT molecular complexity index is 482. The molecule has 0 aliphatic carbocycles. The van der Waals surface area contributed by atoms with Crippen molar-refractivity contribution >= 4 is 11.9 Å². The molecule has 122 valence electrons. The number of hydrogen-bond donors (Lipinski definition) is 0. The zero-order valence-electron chi connectivity index (χ0n) is 13.5. The Labute approximate surface area is 131 Å². The van der Waals surface area contributed by atoms with E-state index in [-0.39, 0.29) is 19.1 Å². The van der Waals surface area contributed by atoms with Crippen LogP contribution in [0.1, 0.15) is 45.1 Å². The number of hydrogen-bond acceptors (Lipinski definition) is 5. The van der Waals surface area contributed by atoms with Gasteiger partial charge in [-0.1, -0.05) is 45.4 Å². The second-order valence-electron chi connectivity index (χ2n) is 5.23. The largest absolute Gasteiger partial charge is 0.464 e. The first kappa shape index (κ1) is 18.2. The molecule has 0 saturated carbocycles. The first-order chi connectivity index (χ1) is 10.5. The molecule has 0 amide bonds. The average Bonchev–Trinajstić information content (AvgIpc) is 2.48. The van der Waals surface area contributed by atoms with E-state index < -0.39 is 11.9 Å². The quantitative estimate of drug-likeness (QED) is 0.398. The van der Waals surface area contributed by atoms with Crippen LogP contribution >= 0.6 is 0 Å². The lowest BCUT2D eigenvalue weighted by atomic mass is 10.0. The zero-order chi connectivity index (χ0) is 16.4. The van der Waals surface area contributed by atoms with Crippen molar-refractivity contribution in [3.05, 3.63) is 29.8 Å². The molecule has 1 aromatic rings. The molecule has 1 rings (SSSR count). The third-order valence-corrected chi connectivity index (χ3v) is 2.97. The van der Waals surface area contributed by atoms with Crippen molar-refractivity contribution in [2.24, 2.45) is 0 Å². The highest BCUT2D eigenvalue weighted by molar-refractivity contribution is 5.75. The molecule has 5 nitrogen and oxygen atoms in total. The van der Waals surface area contributed by atoms with Crippen LogP contribution in [0.5, 0.6) is 5.75 Å². The lowest BCUT2D eigenvalue weighted by Gasteiger charge is -2.12. The van der Waals surface area contributed by atoms with E-state index >= 15 is 0 Å². The fourth-order valence-corrected chi connectivity index (χ4v) is 1.79. The van der Waals surface area contributed by atoms with Gasteiger partial charge in [-0.25, -0.2) is 9.59 Å². The summed E-state index contributed by atoms with van der Waals surface area (Å²) in [5, 5.41) is 0. The summed E-state index contributed by atoms with van der Waals surface area (Å²) in [6.07, 6.45) is 1.77. The summed E-state index contributed by atoms with van der Waals surface area (Å²) in [7, 11) is 0. The van der Waals surface area contributed by atoms with E-state index in [0.717, 1.165) is 18.4 Å². The number of esters is 2. The van der Waals surface area contributed by atoms with Crippen LogP contribution in [0.15, 0.2) is 24.3 Å². The molecule has 0 bridgehead atoms. The van der Waals surface area contributed by atoms with Gasteiger partial charge in [0.05, 0.1) is 6.61 Å². The van der Waals surface area contributed by atoms with Gasteiger partial charge < -0.3 is 14.2 Å². The molecule has 0 fully saturated rings. The van der Waals surface area contributed by atoms with Gasteiger partial charge in [-0.15, -0.1) is 0 Å². The molecule has 0 radical (unpaired) electrons. The van der Waals surface area contributed by atoms with Crippen LogP contribution in [-0.4, -0.2) is 31.8 Å². The molecule has 1 aromatic carbocycles. The molecule has 0 N–H and O–H groups in total. The Morgan fingerprint density at radius 2 is 1.77 bits per heavy atom. The van der Waals surface area contributed by atoms with Gasteiger partial charge in [0.1, 0.15) is 19.0 Å². The normalized spacial score (nSPS) is 10.5. The number of rotatable bonds is 9. The number of carbonyl (C=O) groups is 2. The molecule has 0 atom stereocenters. The highest BCUT2D eigenvalue weighted by Gasteiger charge is 2.12. The van der Waals surface area contributed by atoms with E-state index in [0.29, 0.717) is 12.4 Å². The second-order valence-corrected chi connectivity index (χ2v) is 5.23. The average molecular weight is 308 g/mol. The minimum absolute atomic E-state index is 0.245. The molecule has 0 heterocycles. The summed E-state index contributed by atoms with van der Waals surface area (Å²) in [4.78, 5) is 23.0. The van der Waals surface area contributed by atoms with Crippen LogP contribution in [0.2, 0.25) is 0 Å². The summed E-state index contributed by atoms with van der Waals surface area (Å²) in [5.41, 5.74) is 0.954. The Kier molecular flexibility index (Phi) is 8.22. The number of unbranched alkanes of at least 4 members (excludes halogenated alkanes) is 1. The van der Waals surface area contributed by atoms with Crippen molar-refractivity contribution < 1.29 is 23.8 Å². The summed E-state index contributed by atoms with van der Waals surface area (Å²) in [6.45, 7) is 5.91. The van der Waals surface area contributed by atoms with Gasteiger partial charge in [0.15, 0.2) is 0 Å². The SMILES string of the molecule is CCCCOC(=O)COCC(=O)Oc1ccccc1C(C)C. The van der Waals surface area contributed by atoms with Crippen LogP contribution in [-0.2, 0) is 19.1 Å². The molecule has 0 spiro atoms. The minimum Gasteiger partial charge on any atom is -0.464 e. The fraction of sp³-hybridized carbons (Fsp3) is 0.529. The lowest BCUT2D eigenvalue weighted by Crippen LogP contribution is -2.20. The van der Waals surface area contributed by atoms with Crippen LogP contribution in [0.25, 0.3) is 0 Å². The predicted molar refractivity (Wildman–Crippen MR) is 82.9 cm³/mol. The molecule has 0 aliphatic rings. The summed E-state index contributed by atoms with van der Waals surface area (Å²) >= 11 is 0. The standard InChI is InChI=1S/C17H24O5/c1-4-5-10-21-16(18)11-20-12-17(19)22-15-9-7-6-8-14(15)13(2)3/h6-9,13H,4-5,10-12H2,1-3H3. The van der Waals surface area contributed by atoms with Gasteiger partial charge in [-0.05, 0) is 24.0 Å². The van der Waals surface area contributed by atoms with E-state index in [2.05, 4.69) is 0 Å². The Balaban J connectivity index is 2.34. The monoisotopic (exact) mass is 308 g/mol. The van der Waals surface area contributed by atoms with Crippen molar-refractivity contribution in [3.8, 4) is 5.75 Å². The summed E-state index contributed by atoms with van der Waals surface area (Å²) in [6, 6.07) is 7.36. The first-order valence-corrected chi connectivity index (χ1v) is 7.57. The van der Waals surface area contributed by atoms with Gasteiger partial charge in [-0.2, -0.15) is 0 Å². The second kappa shape index (κ2) is 9.95. The van der Waals surface area contributed by atoms with Crippen molar-refractivity contribution in [2.75, 3.05) is 19.8 Å². The molecule has 0 unspecified atom stereocenters. The minimum atomic E-state index is -0.533. The van der Waals surface area contributed by atoms with Gasteiger partial charge in [-0.3, -0.25) is 0 Å². The fourth-order valence-electron chi connectivity index (χ4n) is 1.79. The molecular formula is C17H24O5. The third-order valence-electron chi connectivity index (χ3n) is 2.97. The molecule has 0 aromatic heterocycles. The van der Waals surface area contributed by atoms with Gasteiger partial charge in [0.2, 0.25) is 0 Å². The number of carbonyl (C=O) groups excluding carboxylic acids is 2. The molecule has 0 aliphatic heterocycles. The summed E-state index contributed by atoms with van der Waals surface area (Å²) in [5.74, 6) is -0.228. The maximum absolute atomic E-state index is 11.7. The van der Waals surface area contributed by atoms with Crippen molar-refractivity contribution in [3.63, 3.8) is 0 Å². The molecule has 5 heteroatoms.